The summed E-state index contributed by atoms with van der Waals surface area (Å²) in [6.07, 6.45) is 5.98. The molecular formula is C23H25BrN2O3. The molecule has 0 bridgehead atoms. The van der Waals surface area contributed by atoms with E-state index in [1.54, 1.807) is 37.5 Å². The fourth-order valence-corrected chi connectivity index (χ4v) is 3.03. The molecule has 5 nitrogen and oxygen atoms in total. The van der Waals surface area contributed by atoms with Gasteiger partial charge < -0.3 is 14.8 Å². The molecule has 2 aromatic rings. The van der Waals surface area contributed by atoms with E-state index in [0.29, 0.717) is 29.4 Å². The van der Waals surface area contributed by atoms with Crippen molar-refractivity contribution in [2.75, 3.05) is 19.0 Å². The summed E-state index contributed by atoms with van der Waals surface area (Å²) in [5.74, 6) is 0.857. The van der Waals surface area contributed by atoms with E-state index in [4.69, 9.17) is 9.47 Å². The van der Waals surface area contributed by atoms with Crippen molar-refractivity contribution in [2.24, 2.45) is 0 Å². The number of hydrogen-bond acceptors (Lipinski definition) is 4. The highest BCUT2D eigenvalue weighted by Gasteiger charge is 2.12. The first-order valence-electron chi connectivity index (χ1n) is 9.57. The highest BCUT2D eigenvalue weighted by Crippen LogP contribution is 2.26. The molecule has 1 amide bonds. The van der Waals surface area contributed by atoms with E-state index < -0.39 is 5.91 Å². The van der Waals surface area contributed by atoms with Crippen LogP contribution in [0.3, 0.4) is 0 Å². The second-order valence-electron chi connectivity index (χ2n) is 6.44. The summed E-state index contributed by atoms with van der Waals surface area (Å²) >= 11 is 3.43. The normalized spacial score (nSPS) is 10.9. The van der Waals surface area contributed by atoms with E-state index in [9.17, 15) is 10.1 Å². The summed E-state index contributed by atoms with van der Waals surface area (Å²) < 4.78 is 11.8. The minimum absolute atomic E-state index is 0.00486. The molecule has 0 heterocycles. The van der Waals surface area contributed by atoms with Gasteiger partial charge in [0.1, 0.15) is 23.1 Å². The molecule has 0 aliphatic carbocycles. The highest BCUT2D eigenvalue weighted by atomic mass is 79.9. The molecule has 0 aromatic heterocycles. The van der Waals surface area contributed by atoms with Crippen LogP contribution in [0.1, 0.15) is 38.2 Å². The van der Waals surface area contributed by atoms with Gasteiger partial charge in [0.15, 0.2) is 0 Å². The molecule has 0 saturated heterocycles. The quantitative estimate of drug-likeness (QED) is 0.271. The summed E-state index contributed by atoms with van der Waals surface area (Å²) in [7, 11) is 1.57. The van der Waals surface area contributed by atoms with Gasteiger partial charge in [-0.25, -0.2) is 0 Å². The predicted molar refractivity (Wildman–Crippen MR) is 119 cm³/mol. The third kappa shape index (κ3) is 7.28. The number of anilines is 1. The molecule has 152 valence electrons. The van der Waals surface area contributed by atoms with Crippen molar-refractivity contribution in [3.8, 4) is 17.6 Å². The number of unbranched alkanes of at least 4 members (excludes halogenated alkanes) is 3. The van der Waals surface area contributed by atoms with Crippen LogP contribution in [0.25, 0.3) is 6.08 Å². The number of ether oxygens (including phenoxy) is 2. The van der Waals surface area contributed by atoms with Gasteiger partial charge in [0, 0.05) is 15.7 Å². The Kier molecular flexibility index (Phi) is 9.26. The number of carbonyl (C=O) groups is 1. The summed E-state index contributed by atoms with van der Waals surface area (Å²) in [4.78, 5) is 12.5. The first-order valence-corrected chi connectivity index (χ1v) is 10.4. The second-order valence-corrected chi connectivity index (χ2v) is 7.36. The Morgan fingerprint density at radius 2 is 1.93 bits per heavy atom. The van der Waals surface area contributed by atoms with Crippen LogP contribution in [0.4, 0.5) is 5.69 Å². The number of halogens is 1. The number of methoxy groups -OCH3 is 1. The molecule has 0 aliphatic rings. The molecule has 0 unspecified atom stereocenters. The van der Waals surface area contributed by atoms with Gasteiger partial charge in [-0.1, -0.05) is 42.1 Å². The molecule has 2 aromatic carbocycles. The Bertz CT molecular complexity index is 886. The van der Waals surface area contributed by atoms with E-state index in [2.05, 4.69) is 28.2 Å². The molecule has 0 aliphatic heterocycles. The van der Waals surface area contributed by atoms with Crippen LogP contribution in [-0.2, 0) is 4.79 Å². The second kappa shape index (κ2) is 11.9. The standard InChI is InChI=1S/C23H25BrN2O3/c1-3-4-5-6-13-29-22-12-7-19(24)15-17(22)14-18(16-25)23(27)26-20-8-10-21(28-2)11-9-20/h7-12,14-15H,3-6,13H2,1-2H3,(H,26,27). The van der Waals surface area contributed by atoms with Gasteiger partial charge in [-0.15, -0.1) is 0 Å². The van der Waals surface area contributed by atoms with Crippen LogP contribution >= 0.6 is 15.9 Å². The van der Waals surface area contributed by atoms with E-state index in [1.165, 1.54) is 12.8 Å². The molecule has 2 rings (SSSR count). The average Bonchev–Trinajstić information content (AvgIpc) is 2.73. The van der Waals surface area contributed by atoms with Crippen molar-refractivity contribution in [3.63, 3.8) is 0 Å². The molecule has 0 radical (unpaired) electrons. The lowest BCUT2D eigenvalue weighted by Crippen LogP contribution is -2.13. The van der Waals surface area contributed by atoms with Crippen LogP contribution < -0.4 is 14.8 Å². The van der Waals surface area contributed by atoms with Crippen molar-refractivity contribution in [1.29, 1.82) is 5.26 Å². The third-order valence-corrected chi connectivity index (χ3v) is 4.73. The van der Waals surface area contributed by atoms with Gasteiger partial charge in [-0.05, 0) is 55.0 Å². The van der Waals surface area contributed by atoms with Crippen LogP contribution in [-0.4, -0.2) is 19.6 Å². The molecule has 6 heteroatoms. The number of amides is 1. The molecular weight excluding hydrogens is 432 g/mol. The lowest BCUT2D eigenvalue weighted by Gasteiger charge is -2.11. The van der Waals surface area contributed by atoms with Crippen molar-refractivity contribution >= 4 is 33.6 Å². The van der Waals surface area contributed by atoms with Gasteiger partial charge in [-0.3, -0.25) is 4.79 Å². The summed E-state index contributed by atoms with van der Waals surface area (Å²) in [5.41, 5.74) is 1.25. The van der Waals surface area contributed by atoms with Gasteiger partial charge in [0.25, 0.3) is 5.91 Å². The SMILES string of the molecule is CCCCCCOc1ccc(Br)cc1C=C(C#N)C(=O)Nc1ccc(OC)cc1. The maximum absolute atomic E-state index is 12.5. The minimum atomic E-state index is -0.480. The van der Waals surface area contributed by atoms with Gasteiger partial charge in [-0.2, -0.15) is 5.26 Å². The average molecular weight is 457 g/mol. The molecule has 1 N–H and O–H groups in total. The zero-order valence-electron chi connectivity index (χ0n) is 16.7. The number of nitrogens with zero attached hydrogens (tertiary/aromatic N) is 1. The number of carbonyl (C=O) groups excluding carboxylic acids is 1. The third-order valence-electron chi connectivity index (χ3n) is 4.24. The largest absolute Gasteiger partial charge is 0.497 e. The van der Waals surface area contributed by atoms with Crippen molar-refractivity contribution in [3.05, 3.63) is 58.1 Å². The molecule has 0 fully saturated rings. The van der Waals surface area contributed by atoms with E-state index in [0.717, 1.165) is 17.3 Å². The van der Waals surface area contributed by atoms with Gasteiger partial charge in [0.05, 0.1) is 13.7 Å². The zero-order chi connectivity index (χ0) is 21.1. The smallest absolute Gasteiger partial charge is 0.266 e. The first kappa shape index (κ1) is 22.5. The van der Waals surface area contributed by atoms with E-state index >= 15 is 0 Å². The Morgan fingerprint density at radius 1 is 1.17 bits per heavy atom. The highest BCUT2D eigenvalue weighted by molar-refractivity contribution is 9.10. The summed E-state index contributed by atoms with van der Waals surface area (Å²) in [5, 5.41) is 12.2. The molecule has 0 spiro atoms. The lowest BCUT2D eigenvalue weighted by atomic mass is 10.1. The molecule has 0 saturated carbocycles. The molecule has 29 heavy (non-hydrogen) atoms. The number of rotatable bonds is 10. The van der Waals surface area contributed by atoms with Crippen molar-refractivity contribution in [2.45, 2.75) is 32.6 Å². The Labute approximate surface area is 180 Å². The number of benzene rings is 2. The maximum Gasteiger partial charge on any atom is 0.266 e. The van der Waals surface area contributed by atoms with Crippen molar-refractivity contribution < 1.29 is 14.3 Å². The lowest BCUT2D eigenvalue weighted by molar-refractivity contribution is -0.112. The van der Waals surface area contributed by atoms with E-state index in [1.807, 2.05) is 24.3 Å². The van der Waals surface area contributed by atoms with E-state index in [-0.39, 0.29) is 5.57 Å². The van der Waals surface area contributed by atoms with Crippen LogP contribution in [0.5, 0.6) is 11.5 Å². The van der Waals surface area contributed by atoms with Gasteiger partial charge in [0.2, 0.25) is 0 Å². The summed E-state index contributed by atoms with van der Waals surface area (Å²) in [6, 6.07) is 14.4. The Balaban J connectivity index is 2.14. The fourth-order valence-electron chi connectivity index (χ4n) is 2.65. The van der Waals surface area contributed by atoms with Crippen LogP contribution in [0.15, 0.2) is 52.5 Å². The zero-order valence-corrected chi connectivity index (χ0v) is 18.3. The van der Waals surface area contributed by atoms with Crippen LogP contribution in [0, 0.1) is 11.3 Å². The van der Waals surface area contributed by atoms with Gasteiger partial charge >= 0.3 is 0 Å². The number of hydrogen-bond donors (Lipinski definition) is 1. The summed E-state index contributed by atoms with van der Waals surface area (Å²) in [6.45, 7) is 2.77. The number of nitrogens with one attached hydrogen (secondary N) is 1. The fraction of sp³-hybridized carbons (Fsp3) is 0.304. The maximum atomic E-state index is 12.5. The van der Waals surface area contributed by atoms with Crippen molar-refractivity contribution in [1.82, 2.24) is 0 Å². The monoisotopic (exact) mass is 456 g/mol. The predicted octanol–water partition coefficient (Wildman–Crippen LogP) is 5.96. The topological polar surface area (TPSA) is 71.3 Å². The Hall–Kier alpha value is -2.78. The molecule has 0 atom stereocenters. The first-order chi connectivity index (χ1) is 14.1. The minimum Gasteiger partial charge on any atom is -0.497 e. The van der Waals surface area contributed by atoms with Crippen LogP contribution in [0.2, 0.25) is 0 Å². The number of nitriles is 1. The Morgan fingerprint density at radius 3 is 2.59 bits per heavy atom.